The van der Waals surface area contributed by atoms with Crippen LogP contribution in [0.3, 0.4) is 0 Å². The van der Waals surface area contributed by atoms with Crippen LogP contribution in [-0.4, -0.2) is 20.4 Å². The van der Waals surface area contributed by atoms with Crippen LogP contribution in [0.4, 0.5) is 0 Å². The Morgan fingerprint density at radius 3 is 2.83 bits per heavy atom. The molecule has 5 nitrogen and oxygen atoms in total. The van der Waals surface area contributed by atoms with E-state index in [-0.39, 0.29) is 5.91 Å². The van der Waals surface area contributed by atoms with Crippen LogP contribution in [0.5, 0.6) is 0 Å². The summed E-state index contributed by atoms with van der Waals surface area (Å²) in [7, 11) is 0. The Kier molecular flexibility index (Phi) is 5.40. The lowest BCUT2D eigenvalue weighted by atomic mass is 9.86. The highest BCUT2D eigenvalue weighted by molar-refractivity contribution is 5.75. The lowest BCUT2D eigenvalue weighted by molar-refractivity contribution is -0.121. The Hall–Kier alpha value is -2.17. The van der Waals surface area contributed by atoms with E-state index >= 15 is 0 Å². The van der Waals surface area contributed by atoms with Crippen molar-refractivity contribution in [3.8, 4) is 5.82 Å². The lowest BCUT2D eigenvalue weighted by Gasteiger charge is -2.20. The lowest BCUT2D eigenvalue weighted by Crippen LogP contribution is -2.23. The molecule has 0 saturated heterocycles. The van der Waals surface area contributed by atoms with Gasteiger partial charge in [0, 0.05) is 31.6 Å². The minimum Gasteiger partial charge on any atom is -0.352 e. The second-order valence-corrected chi connectivity index (χ2v) is 6.31. The van der Waals surface area contributed by atoms with Gasteiger partial charge in [-0.3, -0.25) is 9.36 Å². The summed E-state index contributed by atoms with van der Waals surface area (Å²) in [5.41, 5.74) is 1.01. The Labute approximate surface area is 137 Å². The monoisotopic (exact) mass is 312 g/mol. The van der Waals surface area contributed by atoms with Crippen molar-refractivity contribution in [2.24, 2.45) is 5.92 Å². The third-order valence-corrected chi connectivity index (χ3v) is 4.57. The van der Waals surface area contributed by atoms with E-state index < -0.39 is 0 Å². The average molecular weight is 312 g/mol. The second-order valence-electron chi connectivity index (χ2n) is 6.31. The molecule has 0 aliphatic heterocycles. The number of nitrogens with one attached hydrogen (secondary N) is 1. The SMILES string of the molecule is O=C(CCC1CCCCC1)NCc1ccc(-n2ccnc2)nc1. The molecule has 1 N–H and O–H groups in total. The standard InChI is InChI=1S/C18H24N4O/c23-18(9-7-15-4-2-1-3-5-15)21-13-16-6-8-17(20-12-16)22-11-10-19-14-22/h6,8,10-12,14-15H,1-5,7,9,13H2,(H,21,23). The Morgan fingerprint density at radius 2 is 2.13 bits per heavy atom. The maximum absolute atomic E-state index is 12.0. The first-order valence-electron chi connectivity index (χ1n) is 8.51. The van der Waals surface area contributed by atoms with Crippen LogP contribution in [0.25, 0.3) is 5.82 Å². The summed E-state index contributed by atoms with van der Waals surface area (Å²) >= 11 is 0. The average Bonchev–Trinajstić information content (AvgIpc) is 3.14. The van der Waals surface area contributed by atoms with Crippen LogP contribution in [0.2, 0.25) is 0 Å². The van der Waals surface area contributed by atoms with Crippen LogP contribution in [0.1, 0.15) is 50.5 Å². The normalized spacial score (nSPS) is 15.5. The number of aromatic nitrogens is 3. The first-order valence-corrected chi connectivity index (χ1v) is 8.51. The van der Waals surface area contributed by atoms with Crippen molar-refractivity contribution in [1.29, 1.82) is 0 Å². The van der Waals surface area contributed by atoms with Gasteiger partial charge in [-0.15, -0.1) is 0 Å². The van der Waals surface area contributed by atoms with Gasteiger partial charge in [0.2, 0.25) is 5.91 Å². The summed E-state index contributed by atoms with van der Waals surface area (Å²) < 4.78 is 1.85. The van der Waals surface area contributed by atoms with Crippen LogP contribution in [0, 0.1) is 5.92 Å². The molecule has 0 bridgehead atoms. The first kappa shape index (κ1) is 15.7. The molecule has 23 heavy (non-hydrogen) atoms. The number of rotatable bonds is 6. The van der Waals surface area contributed by atoms with Crippen LogP contribution < -0.4 is 5.32 Å². The smallest absolute Gasteiger partial charge is 0.220 e. The molecular weight excluding hydrogens is 288 g/mol. The van der Waals surface area contributed by atoms with E-state index in [1.807, 2.05) is 22.9 Å². The molecule has 1 aliphatic carbocycles. The van der Waals surface area contributed by atoms with Gasteiger partial charge in [0.05, 0.1) is 0 Å². The van der Waals surface area contributed by atoms with Crippen LogP contribution in [-0.2, 0) is 11.3 Å². The van der Waals surface area contributed by atoms with Crippen molar-refractivity contribution in [1.82, 2.24) is 19.9 Å². The van der Waals surface area contributed by atoms with Gasteiger partial charge in [0.15, 0.2) is 0 Å². The summed E-state index contributed by atoms with van der Waals surface area (Å²) in [6.07, 6.45) is 15.4. The van der Waals surface area contributed by atoms with Crippen molar-refractivity contribution >= 4 is 5.91 Å². The number of carbonyl (C=O) groups is 1. The minimum absolute atomic E-state index is 0.147. The second kappa shape index (κ2) is 7.90. The number of hydrogen-bond donors (Lipinski definition) is 1. The van der Waals surface area contributed by atoms with E-state index in [2.05, 4.69) is 15.3 Å². The molecule has 1 aliphatic rings. The zero-order valence-corrected chi connectivity index (χ0v) is 13.4. The molecule has 1 saturated carbocycles. The Morgan fingerprint density at radius 1 is 1.26 bits per heavy atom. The van der Waals surface area contributed by atoms with Crippen molar-refractivity contribution < 1.29 is 4.79 Å². The van der Waals surface area contributed by atoms with Crippen LogP contribution in [0.15, 0.2) is 37.1 Å². The van der Waals surface area contributed by atoms with Gasteiger partial charge in [-0.1, -0.05) is 38.2 Å². The summed E-state index contributed by atoms with van der Waals surface area (Å²) in [4.78, 5) is 20.4. The molecule has 2 aromatic rings. The molecule has 0 spiro atoms. The third-order valence-electron chi connectivity index (χ3n) is 4.57. The van der Waals surface area contributed by atoms with Gasteiger partial charge in [0.1, 0.15) is 12.1 Å². The van der Waals surface area contributed by atoms with Crippen molar-refractivity contribution in [2.45, 2.75) is 51.5 Å². The minimum atomic E-state index is 0.147. The predicted octanol–water partition coefficient (Wildman–Crippen LogP) is 3.24. The van der Waals surface area contributed by atoms with E-state index in [1.54, 1.807) is 18.7 Å². The fraction of sp³-hybridized carbons (Fsp3) is 0.500. The largest absolute Gasteiger partial charge is 0.352 e. The number of hydrogen-bond acceptors (Lipinski definition) is 3. The van der Waals surface area contributed by atoms with Gasteiger partial charge < -0.3 is 5.32 Å². The zero-order chi connectivity index (χ0) is 15.9. The topological polar surface area (TPSA) is 59.8 Å². The zero-order valence-electron chi connectivity index (χ0n) is 13.4. The molecule has 2 aromatic heterocycles. The molecule has 0 aromatic carbocycles. The molecule has 1 fully saturated rings. The van der Waals surface area contributed by atoms with Crippen molar-refractivity contribution in [3.63, 3.8) is 0 Å². The van der Waals surface area contributed by atoms with E-state index in [4.69, 9.17) is 0 Å². The summed E-state index contributed by atoms with van der Waals surface area (Å²) in [5.74, 6) is 1.73. The summed E-state index contributed by atoms with van der Waals surface area (Å²) in [5, 5.41) is 2.99. The summed E-state index contributed by atoms with van der Waals surface area (Å²) in [6, 6.07) is 3.93. The number of pyridine rings is 1. The first-order chi connectivity index (χ1) is 11.3. The highest BCUT2D eigenvalue weighted by Gasteiger charge is 2.14. The third kappa shape index (κ3) is 4.65. The number of carbonyl (C=O) groups excluding carboxylic acids is 1. The molecule has 0 unspecified atom stereocenters. The summed E-state index contributed by atoms with van der Waals surface area (Å²) in [6.45, 7) is 0.542. The van der Waals surface area contributed by atoms with E-state index in [0.29, 0.717) is 13.0 Å². The fourth-order valence-electron chi connectivity index (χ4n) is 3.17. The van der Waals surface area contributed by atoms with Crippen molar-refractivity contribution in [2.75, 3.05) is 0 Å². The van der Waals surface area contributed by atoms with Crippen molar-refractivity contribution in [3.05, 3.63) is 42.6 Å². The molecule has 1 amide bonds. The molecule has 2 heterocycles. The van der Waals surface area contributed by atoms with Gasteiger partial charge in [-0.25, -0.2) is 9.97 Å². The molecule has 5 heteroatoms. The molecule has 3 rings (SSSR count). The Bertz CT molecular complexity index is 600. The quantitative estimate of drug-likeness (QED) is 0.890. The van der Waals surface area contributed by atoms with E-state index in [9.17, 15) is 4.79 Å². The maximum atomic E-state index is 12.0. The van der Waals surface area contributed by atoms with Crippen LogP contribution >= 0.6 is 0 Å². The molecule has 122 valence electrons. The van der Waals surface area contributed by atoms with E-state index in [0.717, 1.165) is 23.7 Å². The van der Waals surface area contributed by atoms with Gasteiger partial charge in [0.25, 0.3) is 0 Å². The van der Waals surface area contributed by atoms with E-state index in [1.165, 1.54) is 32.1 Å². The molecule has 0 atom stereocenters. The number of imidazole rings is 1. The fourth-order valence-corrected chi connectivity index (χ4v) is 3.17. The highest BCUT2D eigenvalue weighted by Crippen LogP contribution is 2.27. The van der Waals surface area contributed by atoms with Gasteiger partial charge in [-0.2, -0.15) is 0 Å². The predicted molar refractivity (Wildman–Crippen MR) is 89.0 cm³/mol. The Balaban J connectivity index is 1.41. The molecular formula is C18H24N4O. The number of nitrogens with zero attached hydrogens (tertiary/aromatic N) is 3. The molecule has 0 radical (unpaired) electrons. The van der Waals surface area contributed by atoms with Gasteiger partial charge in [-0.05, 0) is 24.0 Å². The highest BCUT2D eigenvalue weighted by atomic mass is 16.1. The van der Waals surface area contributed by atoms with Gasteiger partial charge >= 0.3 is 0 Å². The maximum Gasteiger partial charge on any atom is 0.220 e. The number of amides is 1.